The van der Waals surface area contributed by atoms with Gasteiger partial charge in [-0.1, -0.05) is 54.2 Å². The van der Waals surface area contributed by atoms with E-state index in [9.17, 15) is 0 Å². The van der Waals surface area contributed by atoms with Gasteiger partial charge in [0.2, 0.25) is 0 Å². The zero-order valence-electron chi connectivity index (χ0n) is 15.5. The Balaban J connectivity index is 1.41. The van der Waals surface area contributed by atoms with Gasteiger partial charge in [0.05, 0.1) is 41.3 Å². The number of nitrogens with zero attached hydrogens (tertiary/aromatic N) is 3. The first kappa shape index (κ1) is 17.5. The van der Waals surface area contributed by atoms with E-state index in [0.29, 0.717) is 0 Å². The summed E-state index contributed by atoms with van der Waals surface area (Å²) in [6.07, 6.45) is 4.49. The van der Waals surface area contributed by atoms with E-state index in [1.54, 1.807) is 11.8 Å². The monoisotopic (exact) mass is 390 g/mol. The lowest BCUT2D eigenvalue weighted by Crippen LogP contribution is -2.16. The molecule has 0 bridgehead atoms. The lowest BCUT2D eigenvalue weighted by Gasteiger charge is -2.16. The molecule has 1 unspecified atom stereocenters. The molecule has 5 nitrogen and oxygen atoms in total. The van der Waals surface area contributed by atoms with Crippen molar-refractivity contribution in [2.75, 3.05) is 6.61 Å². The predicted octanol–water partition coefficient (Wildman–Crippen LogP) is 4.90. The third-order valence-electron chi connectivity index (χ3n) is 5.08. The summed E-state index contributed by atoms with van der Waals surface area (Å²) in [6, 6.07) is 18.6. The van der Waals surface area contributed by atoms with Crippen LogP contribution in [-0.2, 0) is 17.0 Å². The van der Waals surface area contributed by atoms with Crippen LogP contribution in [0.3, 0.4) is 0 Å². The van der Waals surface area contributed by atoms with E-state index >= 15 is 0 Å². The highest BCUT2D eigenvalue weighted by Crippen LogP contribution is 2.30. The van der Waals surface area contributed by atoms with Crippen molar-refractivity contribution in [2.24, 2.45) is 0 Å². The SMILES string of the molecule is c1ccc(-c2cnc(SCc3nc4ccccc4[nH]3)n2CC2CCCO2)cc1. The van der Waals surface area contributed by atoms with Gasteiger partial charge in [-0.3, -0.25) is 0 Å². The average Bonchev–Trinajstić information content (AvgIpc) is 3.47. The predicted molar refractivity (Wildman–Crippen MR) is 112 cm³/mol. The van der Waals surface area contributed by atoms with E-state index in [-0.39, 0.29) is 6.10 Å². The van der Waals surface area contributed by atoms with Crippen LogP contribution in [0, 0.1) is 0 Å². The molecule has 1 aliphatic rings. The van der Waals surface area contributed by atoms with Crippen molar-refractivity contribution in [1.29, 1.82) is 0 Å². The lowest BCUT2D eigenvalue weighted by atomic mass is 10.1. The van der Waals surface area contributed by atoms with E-state index in [2.05, 4.69) is 44.9 Å². The molecular weight excluding hydrogens is 368 g/mol. The van der Waals surface area contributed by atoms with Gasteiger partial charge in [0.15, 0.2) is 5.16 Å². The van der Waals surface area contributed by atoms with Crippen molar-refractivity contribution in [3.63, 3.8) is 0 Å². The summed E-state index contributed by atoms with van der Waals surface area (Å²) < 4.78 is 8.20. The summed E-state index contributed by atoms with van der Waals surface area (Å²) >= 11 is 1.72. The number of thioether (sulfide) groups is 1. The molecule has 0 radical (unpaired) electrons. The Morgan fingerprint density at radius 2 is 1.96 bits per heavy atom. The van der Waals surface area contributed by atoms with Gasteiger partial charge in [-0.15, -0.1) is 0 Å². The van der Waals surface area contributed by atoms with Crippen molar-refractivity contribution in [1.82, 2.24) is 19.5 Å². The molecule has 1 aliphatic heterocycles. The zero-order chi connectivity index (χ0) is 18.8. The molecule has 2 aromatic carbocycles. The number of nitrogens with one attached hydrogen (secondary N) is 1. The molecule has 1 atom stereocenters. The number of hydrogen-bond donors (Lipinski definition) is 1. The Bertz CT molecular complexity index is 1030. The molecule has 28 heavy (non-hydrogen) atoms. The number of rotatable bonds is 6. The molecule has 1 saturated heterocycles. The molecular formula is C22H22N4OS. The number of para-hydroxylation sites is 2. The fourth-order valence-electron chi connectivity index (χ4n) is 3.69. The first-order valence-corrected chi connectivity index (χ1v) is 10.6. The number of ether oxygens (including phenoxy) is 1. The molecule has 0 aliphatic carbocycles. The first-order valence-electron chi connectivity index (χ1n) is 9.66. The average molecular weight is 391 g/mol. The number of benzene rings is 2. The molecule has 4 aromatic rings. The maximum Gasteiger partial charge on any atom is 0.168 e. The topological polar surface area (TPSA) is 55.7 Å². The number of imidazole rings is 2. The minimum Gasteiger partial charge on any atom is -0.376 e. The van der Waals surface area contributed by atoms with Crippen LogP contribution in [0.2, 0.25) is 0 Å². The summed E-state index contributed by atoms with van der Waals surface area (Å²) in [5.41, 5.74) is 4.41. The van der Waals surface area contributed by atoms with Gasteiger partial charge in [-0.25, -0.2) is 9.97 Å². The van der Waals surface area contributed by atoms with E-state index in [4.69, 9.17) is 9.72 Å². The lowest BCUT2D eigenvalue weighted by molar-refractivity contribution is 0.0954. The second kappa shape index (κ2) is 7.81. The van der Waals surface area contributed by atoms with Gasteiger partial charge in [-0.05, 0) is 30.5 Å². The van der Waals surface area contributed by atoms with Crippen LogP contribution in [0.1, 0.15) is 18.7 Å². The third-order valence-corrected chi connectivity index (χ3v) is 6.08. The number of hydrogen-bond acceptors (Lipinski definition) is 4. The molecule has 5 rings (SSSR count). The van der Waals surface area contributed by atoms with Gasteiger partial charge in [0, 0.05) is 6.61 Å². The molecule has 1 N–H and O–H groups in total. The summed E-state index contributed by atoms with van der Waals surface area (Å²) in [4.78, 5) is 12.8. The fraction of sp³-hybridized carbons (Fsp3) is 0.273. The quantitative estimate of drug-likeness (QED) is 0.476. The van der Waals surface area contributed by atoms with Crippen molar-refractivity contribution in [3.8, 4) is 11.3 Å². The summed E-state index contributed by atoms with van der Waals surface area (Å²) in [7, 11) is 0. The van der Waals surface area contributed by atoms with Crippen LogP contribution in [0.25, 0.3) is 22.3 Å². The van der Waals surface area contributed by atoms with Crippen molar-refractivity contribution >= 4 is 22.8 Å². The van der Waals surface area contributed by atoms with Gasteiger partial charge >= 0.3 is 0 Å². The van der Waals surface area contributed by atoms with Crippen LogP contribution in [0.15, 0.2) is 66.0 Å². The van der Waals surface area contributed by atoms with Gasteiger partial charge in [-0.2, -0.15) is 0 Å². The normalized spacial score (nSPS) is 16.8. The minimum atomic E-state index is 0.266. The molecule has 142 valence electrons. The molecule has 0 saturated carbocycles. The Labute approximate surface area is 168 Å². The van der Waals surface area contributed by atoms with E-state index in [0.717, 1.165) is 59.5 Å². The van der Waals surface area contributed by atoms with Gasteiger partial charge < -0.3 is 14.3 Å². The van der Waals surface area contributed by atoms with Gasteiger partial charge in [0.25, 0.3) is 0 Å². The molecule has 1 fully saturated rings. The van der Waals surface area contributed by atoms with Crippen molar-refractivity contribution in [2.45, 2.75) is 36.4 Å². The van der Waals surface area contributed by atoms with Crippen molar-refractivity contribution in [3.05, 3.63) is 66.6 Å². The van der Waals surface area contributed by atoms with Crippen LogP contribution < -0.4 is 0 Å². The standard InChI is InChI=1S/C22H22N4OS/c1-2-7-16(8-3-1)20-13-23-22(26(20)14-17-9-6-12-27-17)28-15-21-24-18-10-4-5-11-19(18)25-21/h1-5,7-8,10-11,13,17H,6,9,12,14-15H2,(H,24,25). The molecule has 3 heterocycles. The fourth-order valence-corrected chi connectivity index (χ4v) is 4.55. The highest BCUT2D eigenvalue weighted by atomic mass is 32.2. The third kappa shape index (κ3) is 3.57. The number of aromatic amines is 1. The van der Waals surface area contributed by atoms with E-state index in [1.165, 1.54) is 5.56 Å². The zero-order valence-corrected chi connectivity index (χ0v) is 16.4. The maximum absolute atomic E-state index is 5.90. The largest absolute Gasteiger partial charge is 0.376 e. The molecule has 2 aromatic heterocycles. The van der Waals surface area contributed by atoms with Crippen LogP contribution in [0.5, 0.6) is 0 Å². The Morgan fingerprint density at radius 3 is 2.79 bits per heavy atom. The second-order valence-electron chi connectivity index (χ2n) is 7.03. The second-order valence-corrected chi connectivity index (χ2v) is 7.97. The molecule has 0 amide bonds. The highest BCUT2D eigenvalue weighted by Gasteiger charge is 2.21. The van der Waals surface area contributed by atoms with Crippen LogP contribution in [-0.4, -0.2) is 32.2 Å². The minimum absolute atomic E-state index is 0.266. The number of aromatic nitrogens is 4. The first-order chi connectivity index (χ1) is 13.9. The Morgan fingerprint density at radius 1 is 1.11 bits per heavy atom. The van der Waals surface area contributed by atoms with E-state index < -0.39 is 0 Å². The maximum atomic E-state index is 5.90. The van der Waals surface area contributed by atoms with Crippen molar-refractivity contribution < 1.29 is 4.74 Å². The summed E-state index contributed by atoms with van der Waals surface area (Å²) in [5.74, 6) is 1.73. The van der Waals surface area contributed by atoms with Crippen LogP contribution in [0.4, 0.5) is 0 Å². The molecule has 6 heteroatoms. The van der Waals surface area contributed by atoms with Crippen LogP contribution >= 0.6 is 11.8 Å². The smallest absolute Gasteiger partial charge is 0.168 e. The number of fused-ring (bicyclic) bond motifs is 1. The van der Waals surface area contributed by atoms with E-state index in [1.807, 2.05) is 30.5 Å². The summed E-state index contributed by atoms with van der Waals surface area (Å²) in [6.45, 7) is 1.70. The Kier molecular flexibility index (Phi) is 4.89. The Hall–Kier alpha value is -2.57. The number of H-pyrrole nitrogens is 1. The van der Waals surface area contributed by atoms with Gasteiger partial charge in [0.1, 0.15) is 5.82 Å². The highest BCUT2D eigenvalue weighted by molar-refractivity contribution is 7.98. The molecule has 0 spiro atoms. The summed E-state index contributed by atoms with van der Waals surface area (Å²) in [5, 5.41) is 1.01.